The number of nitrogens with one attached hydrogen (secondary N) is 1. The Morgan fingerprint density at radius 3 is 2.56 bits per heavy atom. The number of anilines is 1. The van der Waals surface area contributed by atoms with E-state index in [1.165, 1.54) is 6.07 Å². The number of sulfonamides is 1. The molecule has 3 aromatic rings. The molecule has 3 heterocycles. The molecule has 0 aliphatic carbocycles. The molecule has 5 rings (SSSR count). The summed E-state index contributed by atoms with van der Waals surface area (Å²) in [6.07, 6.45) is 5.62. The van der Waals surface area contributed by atoms with Crippen LogP contribution in [0.3, 0.4) is 0 Å². The Bertz CT molecular complexity index is 1460. The molecule has 0 bridgehead atoms. The molecule has 0 radical (unpaired) electrons. The first kappa shape index (κ1) is 27.5. The number of nitriles is 1. The summed E-state index contributed by atoms with van der Waals surface area (Å²) in [7, 11) is -1.16. The highest BCUT2D eigenvalue weighted by atomic mass is 32.2. The highest BCUT2D eigenvalue weighted by Gasteiger charge is 2.28. The second-order valence-corrected chi connectivity index (χ2v) is 12.6. The molecule has 0 amide bonds. The van der Waals surface area contributed by atoms with Crippen LogP contribution in [0.15, 0.2) is 48.8 Å². The largest absolute Gasteiger partial charge is 0.382 e. The van der Waals surface area contributed by atoms with Gasteiger partial charge in [0.2, 0.25) is 10.0 Å². The molecule has 0 atom stereocenters. The number of hydrogen-bond acceptors (Lipinski definition) is 7. The lowest BCUT2D eigenvalue weighted by Crippen LogP contribution is -2.46. The minimum absolute atomic E-state index is 0.00829. The Labute approximate surface area is 230 Å². The third kappa shape index (κ3) is 6.56. The lowest BCUT2D eigenvalue weighted by molar-refractivity contribution is 0.154. The smallest absolute Gasteiger partial charge is 0.214 e. The first-order chi connectivity index (χ1) is 18.8. The summed E-state index contributed by atoms with van der Waals surface area (Å²) in [6, 6.07) is 12.5. The Kier molecular flexibility index (Phi) is 8.43. The molecule has 1 N–H and O–H groups in total. The highest BCUT2D eigenvalue weighted by Crippen LogP contribution is 2.33. The standard InChI is InChI=1S/C29H35FN6O2S/c1-34-12-14-35(15-13-34)9-2-16-39(37,38)36-10-6-26(7-11-36)33-29-19-24(18-23-5-8-32-21-27(23)29)22-3-4-28(30)25(17-22)20-31/h3-5,8,17-19,21,26,33H,2,6-7,9-16H2,1H3. The Morgan fingerprint density at radius 2 is 1.82 bits per heavy atom. The van der Waals surface area contributed by atoms with Gasteiger partial charge in [0.15, 0.2) is 0 Å². The van der Waals surface area contributed by atoms with E-state index in [2.05, 4.69) is 27.1 Å². The zero-order valence-corrected chi connectivity index (χ0v) is 23.1. The summed E-state index contributed by atoms with van der Waals surface area (Å²) in [5.41, 5.74) is 2.53. The molecule has 2 aliphatic heterocycles. The third-order valence-corrected chi connectivity index (χ3v) is 9.81. The molecule has 206 valence electrons. The Balaban J connectivity index is 1.23. The fraction of sp³-hybridized carbons (Fsp3) is 0.448. The number of nitrogens with zero attached hydrogens (tertiary/aromatic N) is 5. The quantitative estimate of drug-likeness (QED) is 0.457. The van der Waals surface area contributed by atoms with Crippen LogP contribution in [0.5, 0.6) is 0 Å². The van der Waals surface area contributed by atoms with Crippen molar-refractivity contribution in [2.45, 2.75) is 25.3 Å². The lowest BCUT2D eigenvalue weighted by Gasteiger charge is -2.34. The van der Waals surface area contributed by atoms with Crippen molar-refractivity contribution >= 4 is 26.5 Å². The first-order valence-corrected chi connectivity index (χ1v) is 15.2. The van der Waals surface area contributed by atoms with Gasteiger partial charge in [0, 0.05) is 68.8 Å². The molecular weight excluding hydrogens is 515 g/mol. The van der Waals surface area contributed by atoms with Gasteiger partial charge in [0.05, 0.1) is 11.3 Å². The molecular formula is C29H35FN6O2S. The van der Waals surface area contributed by atoms with E-state index in [4.69, 9.17) is 0 Å². The number of aromatic nitrogens is 1. The summed E-state index contributed by atoms with van der Waals surface area (Å²) in [6.45, 7) is 5.88. The van der Waals surface area contributed by atoms with E-state index < -0.39 is 15.8 Å². The second-order valence-electron chi connectivity index (χ2n) is 10.6. The maximum Gasteiger partial charge on any atom is 0.214 e. The molecule has 0 spiro atoms. The van der Waals surface area contributed by atoms with Crippen LogP contribution in [-0.4, -0.2) is 92.2 Å². The fourth-order valence-corrected chi connectivity index (χ4v) is 6.96. The Morgan fingerprint density at radius 1 is 1.05 bits per heavy atom. The molecule has 39 heavy (non-hydrogen) atoms. The van der Waals surface area contributed by atoms with Crippen molar-refractivity contribution in [3.63, 3.8) is 0 Å². The fourth-order valence-electron chi connectivity index (χ4n) is 5.44. The SMILES string of the molecule is CN1CCN(CCCS(=O)(=O)N2CCC(Nc3cc(-c4ccc(F)c(C#N)c4)cc4ccncc34)CC2)CC1. The van der Waals surface area contributed by atoms with Gasteiger partial charge in [-0.05, 0) is 79.7 Å². The Hall–Kier alpha value is -3.10. The molecule has 10 heteroatoms. The number of benzene rings is 2. The molecule has 8 nitrogen and oxygen atoms in total. The summed E-state index contributed by atoms with van der Waals surface area (Å²) < 4.78 is 41.6. The average Bonchev–Trinajstić information content (AvgIpc) is 2.94. The number of rotatable bonds is 8. The van der Waals surface area contributed by atoms with Crippen LogP contribution >= 0.6 is 0 Å². The number of hydrogen-bond donors (Lipinski definition) is 1. The summed E-state index contributed by atoms with van der Waals surface area (Å²) >= 11 is 0. The van der Waals surface area contributed by atoms with Gasteiger partial charge in [0.25, 0.3) is 0 Å². The molecule has 2 fully saturated rings. The zero-order chi connectivity index (χ0) is 27.4. The molecule has 2 aliphatic rings. The van der Waals surface area contributed by atoms with Crippen LogP contribution in [0.1, 0.15) is 24.8 Å². The molecule has 0 saturated carbocycles. The van der Waals surface area contributed by atoms with Gasteiger partial charge in [0.1, 0.15) is 11.9 Å². The number of halogens is 1. The normalized spacial score (nSPS) is 18.3. The second kappa shape index (κ2) is 12.0. The lowest BCUT2D eigenvalue weighted by atomic mass is 9.98. The van der Waals surface area contributed by atoms with Gasteiger partial charge in [-0.1, -0.05) is 6.07 Å². The van der Waals surface area contributed by atoms with Crippen LogP contribution in [0, 0.1) is 17.1 Å². The molecule has 0 unspecified atom stereocenters. The topological polar surface area (TPSA) is 92.6 Å². The van der Waals surface area contributed by atoms with Gasteiger partial charge in [-0.15, -0.1) is 0 Å². The maximum absolute atomic E-state index is 13.9. The number of likely N-dealkylation sites (N-methyl/N-ethyl adjacent to an activating group) is 1. The van der Waals surface area contributed by atoms with Gasteiger partial charge in [-0.2, -0.15) is 5.26 Å². The maximum atomic E-state index is 13.9. The summed E-state index contributed by atoms with van der Waals surface area (Å²) in [5.74, 6) is -0.344. The van der Waals surface area contributed by atoms with Crippen LogP contribution in [0.4, 0.5) is 10.1 Å². The van der Waals surface area contributed by atoms with E-state index in [-0.39, 0.29) is 17.4 Å². The van der Waals surface area contributed by atoms with E-state index in [1.807, 2.05) is 30.5 Å². The number of piperazine rings is 1. The van der Waals surface area contributed by atoms with Crippen molar-refractivity contribution in [3.8, 4) is 17.2 Å². The third-order valence-electron chi connectivity index (χ3n) is 7.86. The van der Waals surface area contributed by atoms with Crippen molar-refractivity contribution in [1.82, 2.24) is 19.1 Å². The van der Waals surface area contributed by atoms with Crippen molar-refractivity contribution in [1.29, 1.82) is 5.26 Å². The van der Waals surface area contributed by atoms with Gasteiger partial charge >= 0.3 is 0 Å². The number of piperidine rings is 1. The van der Waals surface area contributed by atoms with E-state index in [9.17, 15) is 18.1 Å². The van der Waals surface area contributed by atoms with Gasteiger partial charge in [-0.25, -0.2) is 17.1 Å². The monoisotopic (exact) mass is 550 g/mol. The zero-order valence-electron chi connectivity index (χ0n) is 22.3. The number of pyridine rings is 1. The molecule has 2 saturated heterocycles. The van der Waals surface area contributed by atoms with Gasteiger partial charge < -0.3 is 15.1 Å². The molecule has 1 aromatic heterocycles. The minimum Gasteiger partial charge on any atom is -0.382 e. The number of fused-ring (bicyclic) bond motifs is 1. The predicted octanol–water partition coefficient (Wildman–Crippen LogP) is 3.76. The van der Waals surface area contributed by atoms with Crippen LogP contribution in [-0.2, 0) is 10.0 Å². The van der Waals surface area contributed by atoms with Crippen molar-refractivity contribution in [2.75, 3.05) is 63.9 Å². The van der Waals surface area contributed by atoms with E-state index >= 15 is 0 Å². The first-order valence-electron chi connectivity index (χ1n) is 13.6. The average molecular weight is 551 g/mol. The van der Waals surface area contributed by atoms with Gasteiger partial charge in [-0.3, -0.25) is 4.98 Å². The van der Waals surface area contributed by atoms with Crippen molar-refractivity contribution in [3.05, 3.63) is 60.2 Å². The van der Waals surface area contributed by atoms with E-state index in [0.29, 0.717) is 32.4 Å². The summed E-state index contributed by atoms with van der Waals surface area (Å²) in [5, 5.41) is 14.8. The van der Waals surface area contributed by atoms with Crippen LogP contribution in [0.25, 0.3) is 21.9 Å². The minimum atomic E-state index is -3.28. The van der Waals surface area contributed by atoms with E-state index in [0.717, 1.165) is 60.3 Å². The predicted molar refractivity (Wildman–Crippen MR) is 152 cm³/mol. The summed E-state index contributed by atoms with van der Waals surface area (Å²) in [4.78, 5) is 8.95. The molecule has 2 aromatic carbocycles. The van der Waals surface area contributed by atoms with E-state index in [1.54, 1.807) is 22.6 Å². The highest BCUT2D eigenvalue weighted by molar-refractivity contribution is 7.89. The van der Waals surface area contributed by atoms with Crippen molar-refractivity contribution in [2.24, 2.45) is 0 Å². The van der Waals surface area contributed by atoms with Crippen molar-refractivity contribution < 1.29 is 12.8 Å². The van der Waals surface area contributed by atoms with Crippen LogP contribution in [0.2, 0.25) is 0 Å². The van der Waals surface area contributed by atoms with Crippen LogP contribution < -0.4 is 5.32 Å².